The number of carboxylic acids is 1. The Morgan fingerprint density at radius 3 is 1.84 bits per heavy atom. The molecule has 3 N–H and O–H groups in total. The number of hydrogen-bond donors (Lipinski definition) is 3. The molecule has 0 saturated heterocycles. The van der Waals surface area contributed by atoms with E-state index in [1.807, 2.05) is 48.5 Å². The van der Waals surface area contributed by atoms with Crippen molar-refractivity contribution in [2.75, 3.05) is 6.54 Å². The Hall–Kier alpha value is -5.71. The van der Waals surface area contributed by atoms with Gasteiger partial charge in [0.05, 0.1) is 12.0 Å². The molecule has 0 bridgehead atoms. The molecule has 3 aromatic carbocycles. The molecule has 0 unspecified atom stereocenters. The van der Waals surface area contributed by atoms with E-state index in [4.69, 9.17) is 9.63 Å². The molecule has 2 heterocycles. The molecular formula is C39H42N6O5. The third-order valence-corrected chi connectivity index (χ3v) is 8.26. The average molecular weight is 675 g/mol. The van der Waals surface area contributed by atoms with E-state index in [1.165, 1.54) is 5.56 Å². The summed E-state index contributed by atoms with van der Waals surface area (Å²) in [5, 5.41) is 18.6. The lowest BCUT2D eigenvalue weighted by Gasteiger charge is -2.20. The fraction of sp³-hybridized carbons (Fsp3) is 0.308. The minimum atomic E-state index is -1.03. The third-order valence-electron chi connectivity index (χ3n) is 8.26. The molecule has 5 rings (SSSR count). The van der Waals surface area contributed by atoms with Crippen LogP contribution < -0.4 is 10.6 Å². The van der Waals surface area contributed by atoms with Gasteiger partial charge in [-0.3, -0.25) is 14.4 Å². The van der Waals surface area contributed by atoms with E-state index < -0.39 is 23.8 Å². The molecule has 2 amide bonds. The minimum Gasteiger partial charge on any atom is -0.481 e. The van der Waals surface area contributed by atoms with Crippen molar-refractivity contribution in [1.82, 2.24) is 30.7 Å². The summed E-state index contributed by atoms with van der Waals surface area (Å²) in [6.07, 6.45) is 3.20. The second-order valence-corrected chi connectivity index (χ2v) is 14.2. The molecule has 0 radical (unpaired) electrons. The zero-order chi connectivity index (χ0) is 36.1. The van der Waals surface area contributed by atoms with E-state index in [1.54, 1.807) is 24.5 Å². The van der Waals surface area contributed by atoms with Gasteiger partial charge in [-0.05, 0) is 39.7 Å². The summed E-state index contributed by atoms with van der Waals surface area (Å²) in [6.45, 7) is 12.7. The Balaban J connectivity index is 1.26. The molecule has 0 aliphatic heterocycles. The highest BCUT2D eigenvalue weighted by Crippen LogP contribution is 2.27. The summed E-state index contributed by atoms with van der Waals surface area (Å²) < 4.78 is 5.50. The van der Waals surface area contributed by atoms with Crippen molar-refractivity contribution in [3.05, 3.63) is 107 Å². The van der Waals surface area contributed by atoms with Gasteiger partial charge < -0.3 is 20.3 Å². The number of aromatic nitrogens is 4. The van der Waals surface area contributed by atoms with E-state index in [0.717, 1.165) is 22.3 Å². The fourth-order valence-corrected chi connectivity index (χ4v) is 5.18. The molecule has 11 nitrogen and oxygen atoms in total. The summed E-state index contributed by atoms with van der Waals surface area (Å²) in [5.74, 6) is -0.641. The van der Waals surface area contributed by atoms with Crippen molar-refractivity contribution in [2.45, 2.75) is 71.3 Å². The molecule has 0 aliphatic rings. The van der Waals surface area contributed by atoms with Crippen LogP contribution in [0.15, 0.2) is 89.7 Å². The number of carboxylic acid groups (broad SMARTS) is 1. The molecule has 11 heteroatoms. The standard InChI is InChI=1S/C39H42N6O5/c1-38(2,3)29-15-11-26(12-16-29)34-44-37(50-45-34)28-22-41-33(42-23-28)25-9-7-24(8-10-25)21-31(36(49)40-20-19-32(46)47)43-35(48)27-13-17-30(18-14-27)39(4,5)6/h7-18,22-23,31H,19-21H2,1-6H3,(H,40,49)(H,43,48)(H,46,47)/t31-/m0/s1. The summed E-state index contributed by atoms with van der Waals surface area (Å²) in [6, 6.07) is 21.8. The van der Waals surface area contributed by atoms with Gasteiger partial charge in [0.1, 0.15) is 6.04 Å². The number of nitrogens with one attached hydrogen (secondary N) is 2. The Morgan fingerprint density at radius 2 is 1.28 bits per heavy atom. The molecule has 5 aromatic rings. The first-order valence-electron chi connectivity index (χ1n) is 16.4. The van der Waals surface area contributed by atoms with Crippen LogP contribution in [-0.2, 0) is 26.8 Å². The Bertz CT molecular complexity index is 1940. The molecule has 258 valence electrons. The van der Waals surface area contributed by atoms with Crippen molar-refractivity contribution < 1.29 is 24.0 Å². The van der Waals surface area contributed by atoms with Gasteiger partial charge in [0, 0.05) is 42.0 Å². The summed E-state index contributed by atoms with van der Waals surface area (Å²) >= 11 is 0. The van der Waals surface area contributed by atoms with Crippen LogP contribution in [0.1, 0.15) is 75.0 Å². The molecule has 1 atom stereocenters. The Labute approximate surface area is 291 Å². The number of rotatable bonds is 11. The van der Waals surface area contributed by atoms with Crippen molar-refractivity contribution in [3.8, 4) is 34.2 Å². The van der Waals surface area contributed by atoms with Crippen LogP contribution in [0.3, 0.4) is 0 Å². The second kappa shape index (κ2) is 14.8. The van der Waals surface area contributed by atoms with Gasteiger partial charge in [-0.15, -0.1) is 0 Å². The predicted octanol–water partition coefficient (Wildman–Crippen LogP) is 6.39. The molecule has 0 spiro atoms. The topological polar surface area (TPSA) is 160 Å². The normalized spacial score (nSPS) is 12.3. The van der Waals surface area contributed by atoms with Gasteiger partial charge in [-0.25, -0.2) is 9.97 Å². The first-order valence-corrected chi connectivity index (χ1v) is 16.4. The lowest BCUT2D eigenvalue weighted by molar-refractivity contribution is -0.137. The maximum Gasteiger partial charge on any atom is 0.305 e. The highest BCUT2D eigenvalue weighted by molar-refractivity contribution is 5.97. The fourth-order valence-electron chi connectivity index (χ4n) is 5.18. The van der Waals surface area contributed by atoms with Crippen LogP contribution in [0, 0.1) is 0 Å². The van der Waals surface area contributed by atoms with E-state index in [9.17, 15) is 14.4 Å². The number of benzene rings is 3. The van der Waals surface area contributed by atoms with Crippen LogP contribution in [0.25, 0.3) is 34.2 Å². The van der Waals surface area contributed by atoms with Gasteiger partial charge in [-0.2, -0.15) is 4.98 Å². The second-order valence-electron chi connectivity index (χ2n) is 14.2. The molecule has 0 aliphatic carbocycles. The number of carbonyl (C=O) groups is 3. The number of nitrogens with zero attached hydrogens (tertiary/aromatic N) is 4. The van der Waals surface area contributed by atoms with Crippen molar-refractivity contribution in [1.29, 1.82) is 0 Å². The zero-order valence-electron chi connectivity index (χ0n) is 29.2. The molecular weight excluding hydrogens is 632 g/mol. The van der Waals surface area contributed by atoms with Crippen LogP contribution in [0.4, 0.5) is 0 Å². The first kappa shape index (κ1) is 35.6. The zero-order valence-corrected chi connectivity index (χ0v) is 29.2. The van der Waals surface area contributed by atoms with E-state index in [2.05, 4.69) is 84.4 Å². The van der Waals surface area contributed by atoms with Crippen LogP contribution in [-0.4, -0.2) is 55.6 Å². The average Bonchev–Trinajstić information content (AvgIpc) is 3.58. The summed E-state index contributed by atoms with van der Waals surface area (Å²) in [7, 11) is 0. The molecule has 50 heavy (non-hydrogen) atoms. The number of amides is 2. The van der Waals surface area contributed by atoms with Gasteiger partial charge in [-0.1, -0.05) is 107 Å². The quantitative estimate of drug-likeness (QED) is 0.144. The van der Waals surface area contributed by atoms with Crippen LogP contribution in [0.5, 0.6) is 0 Å². The van der Waals surface area contributed by atoms with Crippen LogP contribution in [0.2, 0.25) is 0 Å². The van der Waals surface area contributed by atoms with E-state index in [0.29, 0.717) is 28.7 Å². The monoisotopic (exact) mass is 674 g/mol. The Morgan fingerprint density at radius 1 is 0.740 bits per heavy atom. The van der Waals surface area contributed by atoms with E-state index in [-0.39, 0.29) is 30.2 Å². The lowest BCUT2D eigenvalue weighted by atomic mass is 9.86. The van der Waals surface area contributed by atoms with Crippen LogP contribution >= 0.6 is 0 Å². The SMILES string of the molecule is CC(C)(C)c1ccc(C(=O)N[C@@H](Cc2ccc(-c3ncc(-c4nc(-c5ccc(C(C)(C)C)cc5)no4)cn3)cc2)C(=O)NCCC(=O)O)cc1. The number of aliphatic carboxylic acids is 1. The van der Waals surface area contributed by atoms with E-state index >= 15 is 0 Å². The minimum absolute atomic E-state index is 0.0429. The maximum atomic E-state index is 13.2. The van der Waals surface area contributed by atoms with Gasteiger partial charge in [0.25, 0.3) is 11.8 Å². The number of carbonyl (C=O) groups excluding carboxylic acids is 2. The summed E-state index contributed by atoms with van der Waals surface area (Å²) in [5.41, 5.74) is 5.64. The molecule has 2 aromatic heterocycles. The van der Waals surface area contributed by atoms with Crippen molar-refractivity contribution in [3.63, 3.8) is 0 Å². The highest BCUT2D eigenvalue weighted by Gasteiger charge is 2.23. The number of hydrogen-bond acceptors (Lipinski definition) is 8. The van der Waals surface area contributed by atoms with Gasteiger partial charge in [0.15, 0.2) is 5.82 Å². The van der Waals surface area contributed by atoms with Crippen molar-refractivity contribution in [2.24, 2.45) is 0 Å². The molecule has 0 saturated carbocycles. The lowest BCUT2D eigenvalue weighted by Crippen LogP contribution is -2.48. The third kappa shape index (κ3) is 9.04. The van der Waals surface area contributed by atoms with Gasteiger partial charge in [0.2, 0.25) is 11.7 Å². The summed E-state index contributed by atoms with van der Waals surface area (Å²) in [4.78, 5) is 50.8. The largest absolute Gasteiger partial charge is 0.481 e. The smallest absolute Gasteiger partial charge is 0.305 e. The molecule has 0 fully saturated rings. The van der Waals surface area contributed by atoms with Crippen molar-refractivity contribution >= 4 is 17.8 Å². The van der Waals surface area contributed by atoms with Gasteiger partial charge >= 0.3 is 5.97 Å². The highest BCUT2D eigenvalue weighted by atomic mass is 16.5. The first-order chi connectivity index (χ1) is 23.7. The Kier molecular flexibility index (Phi) is 10.5. The maximum absolute atomic E-state index is 13.2. The predicted molar refractivity (Wildman–Crippen MR) is 190 cm³/mol.